The summed E-state index contributed by atoms with van der Waals surface area (Å²) in [7, 11) is 0. The van der Waals surface area contributed by atoms with Gasteiger partial charge in [-0.3, -0.25) is 0 Å². The van der Waals surface area contributed by atoms with E-state index in [1.807, 2.05) is 36.4 Å². The SMILES string of the molecule is FC1CN[C@@H]1C(Cc1ccccc1)c1ccccc1. The Morgan fingerprint density at radius 3 is 2.16 bits per heavy atom. The molecular formula is C17H18FN. The molecule has 0 bridgehead atoms. The van der Waals surface area contributed by atoms with Crippen LogP contribution in [0.25, 0.3) is 0 Å². The molecule has 1 heterocycles. The fourth-order valence-electron chi connectivity index (χ4n) is 2.76. The summed E-state index contributed by atoms with van der Waals surface area (Å²) < 4.78 is 13.8. The molecule has 3 rings (SSSR count). The van der Waals surface area contributed by atoms with Gasteiger partial charge in [0.15, 0.2) is 0 Å². The fourth-order valence-corrected chi connectivity index (χ4v) is 2.76. The number of hydrogen-bond donors (Lipinski definition) is 1. The lowest BCUT2D eigenvalue weighted by Crippen LogP contribution is -2.58. The molecule has 3 atom stereocenters. The predicted octanol–water partition coefficient (Wildman–Crippen LogP) is 3.32. The zero-order valence-corrected chi connectivity index (χ0v) is 10.8. The van der Waals surface area contributed by atoms with E-state index in [0.29, 0.717) is 6.54 Å². The molecule has 0 aromatic heterocycles. The molecule has 2 aromatic carbocycles. The third-order valence-electron chi connectivity index (χ3n) is 3.90. The molecule has 1 saturated heterocycles. The van der Waals surface area contributed by atoms with E-state index < -0.39 is 6.17 Å². The van der Waals surface area contributed by atoms with Crippen LogP contribution in [0.15, 0.2) is 60.7 Å². The maximum atomic E-state index is 13.8. The van der Waals surface area contributed by atoms with E-state index in [2.05, 4.69) is 29.6 Å². The van der Waals surface area contributed by atoms with E-state index >= 15 is 0 Å². The van der Waals surface area contributed by atoms with E-state index in [9.17, 15) is 4.39 Å². The molecule has 0 amide bonds. The molecule has 1 N–H and O–H groups in total. The van der Waals surface area contributed by atoms with Crippen LogP contribution >= 0.6 is 0 Å². The normalized spacial score (nSPS) is 23.6. The molecule has 0 saturated carbocycles. The second-order valence-corrected chi connectivity index (χ2v) is 5.16. The number of hydrogen-bond acceptors (Lipinski definition) is 1. The van der Waals surface area contributed by atoms with Gasteiger partial charge in [0.25, 0.3) is 0 Å². The zero-order valence-electron chi connectivity index (χ0n) is 10.8. The van der Waals surface area contributed by atoms with Crippen molar-refractivity contribution >= 4 is 0 Å². The van der Waals surface area contributed by atoms with Crippen molar-refractivity contribution in [2.24, 2.45) is 0 Å². The summed E-state index contributed by atoms with van der Waals surface area (Å²) >= 11 is 0. The van der Waals surface area contributed by atoms with Crippen LogP contribution in [-0.2, 0) is 6.42 Å². The van der Waals surface area contributed by atoms with Crippen molar-refractivity contribution in [1.82, 2.24) is 5.32 Å². The number of benzene rings is 2. The van der Waals surface area contributed by atoms with Crippen molar-refractivity contribution in [1.29, 1.82) is 0 Å². The van der Waals surface area contributed by atoms with Crippen molar-refractivity contribution in [3.8, 4) is 0 Å². The summed E-state index contributed by atoms with van der Waals surface area (Å²) in [5, 5.41) is 3.24. The maximum Gasteiger partial charge on any atom is 0.128 e. The first-order valence-corrected chi connectivity index (χ1v) is 6.81. The number of alkyl halides is 1. The zero-order chi connectivity index (χ0) is 13.1. The maximum absolute atomic E-state index is 13.8. The van der Waals surface area contributed by atoms with Crippen LogP contribution < -0.4 is 5.32 Å². The van der Waals surface area contributed by atoms with Gasteiger partial charge in [-0.05, 0) is 17.5 Å². The highest BCUT2D eigenvalue weighted by Crippen LogP contribution is 2.30. The molecule has 1 nitrogen and oxygen atoms in total. The van der Waals surface area contributed by atoms with E-state index in [1.165, 1.54) is 11.1 Å². The van der Waals surface area contributed by atoms with Crippen LogP contribution in [0.2, 0.25) is 0 Å². The Hall–Kier alpha value is -1.67. The van der Waals surface area contributed by atoms with Gasteiger partial charge in [0.2, 0.25) is 0 Å². The minimum atomic E-state index is -0.728. The second-order valence-electron chi connectivity index (χ2n) is 5.16. The van der Waals surface area contributed by atoms with Crippen molar-refractivity contribution < 1.29 is 4.39 Å². The standard InChI is InChI=1S/C17H18FN/c18-16-12-19-17(16)15(14-9-5-2-6-10-14)11-13-7-3-1-4-8-13/h1-10,15-17,19H,11-12H2/t15?,16?,17-/m1/s1. The van der Waals surface area contributed by atoms with Gasteiger partial charge >= 0.3 is 0 Å². The summed E-state index contributed by atoms with van der Waals surface area (Å²) in [5.41, 5.74) is 2.48. The van der Waals surface area contributed by atoms with E-state index in [0.717, 1.165) is 6.42 Å². The van der Waals surface area contributed by atoms with E-state index in [4.69, 9.17) is 0 Å². The van der Waals surface area contributed by atoms with E-state index in [-0.39, 0.29) is 12.0 Å². The number of halogens is 1. The van der Waals surface area contributed by atoms with Crippen molar-refractivity contribution in [3.05, 3.63) is 71.8 Å². The Morgan fingerprint density at radius 1 is 1.00 bits per heavy atom. The average Bonchev–Trinajstić information content (AvgIpc) is 2.47. The molecule has 0 spiro atoms. The Kier molecular flexibility index (Phi) is 3.60. The predicted molar refractivity (Wildman–Crippen MR) is 76.0 cm³/mol. The van der Waals surface area contributed by atoms with Gasteiger partial charge in [-0.1, -0.05) is 60.7 Å². The van der Waals surface area contributed by atoms with Gasteiger partial charge in [-0.2, -0.15) is 0 Å². The quantitative estimate of drug-likeness (QED) is 0.883. The van der Waals surface area contributed by atoms with Crippen LogP contribution in [0.4, 0.5) is 4.39 Å². The van der Waals surface area contributed by atoms with Crippen LogP contribution in [-0.4, -0.2) is 18.8 Å². The van der Waals surface area contributed by atoms with Gasteiger partial charge in [0.05, 0.1) is 0 Å². The Bertz CT molecular complexity index is 511. The van der Waals surface area contributed by atoms with Gasteiger partial charge in [0, 0.05) is 18.5 Å². The molecule has 98 valence electrons. The van der Waals surface area contributed by atoms with Crippen molar-refractivity contribution in [2.75, 3.05) is 6.54 Å². The summed E-state index contributed by atoms with van der Waals surface area (Å²) in [4.78, 5) is 0. The molecule has 0 aliphatic carbocycles. The molecular weight excluding hydrogens is 237 g/mol. The second kappa shape index (κ2) is 5.54. The summed E-state index contributed by atoms with van der Waals surface area (Å²) in [5.74, 6) is 0.201. The monoisotopic (exact) mass is 255 g/mol. The van der Waals surface area contributed by atoms with Crippen LogP contribution in [0.1, 0.15) is 17.0 Å². The van der Waals surface area contributed by atoms with Gasteiger partial charge in [-0.25, -0.2) is 4.39 Å². The van der Waals surface area contributed by atoms with Crippen LogP contribution in [0.5, 0.6) is 0 Å². The minimum Gasteiger partial charge on any atom is -0.308 e. The lowest BCUT2D eigenvalue weighted by molar-refractivity contribution is 0.135. The van der Waals surface area contributed by atoms with Gasteiger partial charge in [-0.15, -0.1) is 0 Å². The summed E-state index contributed by atoms with van der Waals surface area (Å²) in [6, 6.07) is 20.5. The minimum absolute atomic E-state index is 0.0531. The third-order valence-corrected chi connectivity index (χ3v) is 3.90. The first-order valence-electron chi connectivity index (χ1n) is 6.81. The van der Waals surface area contributed by atoms with Crippen LogP contribution in [0, 0.1) is 0 Å². The lowest BCUT2D eigenvalue weighted by atomic mass is 9.80. The number of rotatable bonds is 4. The molecule has 2 unspecified atom stereocenters. The molecule has 0 radical (unpaired) electrons. The molecule has 1 aliphatic heterocycles. The highest BCUT2D eigenvalue weighted by atomic mass is 19.1. The first-order chi connectivity index (χ1) is 9.34. The summed E-state index contributed by atoms with van der Waals surface area (Å²) in [6.45, 7) is 0.489. The highest BCUT2D eigenvalue weighted by Gasteiger charge is 2.37. The van der Waals surface area contributed by atoms with Crippen LogP contribution in [0.3, 0.4) is 0 Å². The molecule has 19 heavy (non-hydrogen) atoms. The smallest absolute Gasteiger partial charge is 0.128 e. The Morgan fingerprint density at radius 2 is 1.63 bits per heavy atom. The van der Waals surface area contributed by atoms with Gasteiger partial charge < -0.3 is 5.32 Å². The van der Waals surface area contributed by atoms with E-state index in [1.54, 1.807) is 0 Å². The topological polar surface area (TPSA) is 12.0 Å². The lowest BCUT2D eigenvalue weighted by Gasteiger charge is -2.39. The highest BCUT2D eigenvalue weighted by molar-refractivity contribution is 5.27. The number of nitrogens with one attached hydrogen (secondary N) is 1. The third kappa shape index (κ3) is 2.69. The molecule has 1 fully saturated rings. The van der Waals surface area contributed by atoms with Crippen molar-refractivity contribution in [3.63, 3.8) is 0 Å². The molecule has 2 aromatic rings. The summed E-state index contributed by atoms with van der Waals surface area (Å²) in [6.07, 6.45) is 0.150. The largest absolute Gasteiger partial charge is 0.308 e. The average molecular weight is 255 g/mol. The van der Waals surface area contributed by atoms with Gasteiger partial charge in [0.1, 0.15) is 6.17 Å². The first kappa shape index (κ1) is 12.4. The Labute approximate surface area is 113 Å². The fraction of sp³-hybridized carbons (Fsp3) is 0.294. The molecule has 2 heteroatoms. The Balaban J connectivity index is 1.85. The van der Waals surface area contributed by atoms with Crippen molar-refractivity contribution in [2.45, 2.75) is 24.6 Å². The molecule has 1 aliphatic rings.